The number of amides is 1. The Labute approximate surface area is 114 Å². The van der Waals surface area contributed by atoms with Crippen LogP contribution in [0, 0.1) is 0 Å². The number of alkyl halides is 2. The molecule has 104 valence electrons. The predicted octanol–water partition coefficient (Wildman–Crippen LogP) is 2.61. The van der Waals surface area contributed by atoms with Crippen molar-refractivity contribution in [2.45, 2.75) is 13.2 Å². The quantitative estimate of drug-likeness (QED) is 0.914. The monoisotopic (exact) mass is 278 g/mol. The van der Waals surface area contributed by atoms with E-state index in [0.717, 1.165) is 5.56 Å². The van der Waals surface area contributed by atoms with Gasteiger partial charge in [-0.1, -0.05) is 12.1 Å². The minimum Gasteiger partial charge on any atom is -0.435 e. The molecule has 20 heavy (non-hydrogen) atoms. The average Bonchev–Trinajstić information content (AvgIpc) is 2.46. The van der Waals surface area contributed by atoms with Crippen LogP contribution in [-0.4, -0.2) is 17.5 Å². The molecule has 2 rings (SSSR count). The van der Waals surface area contributed by atoms with Gasteiger partial charge in [-0.25, -0.2) is 0 Å². The van der Waals surface area contributed by atoms with Gasteiger partial charge < -0.3 is 10.1 Å². The maximum atomic E-state index is 12.0. The molecule has 0 saturated heterocycles. The van der Waals surface area contributed by atoms with Gasteiger partial charge >= 0.3 is 6.61 Å². The summed E-state index contributed by atoms with van der Waals surface area (Å²) in [5.41, 5.74) is 1.30. The second kappa shape index (κ2) is 6.60. The van der Waals surface area contributed by atoms with E-state index in [9.17, 15) is 13.6 Å². The first-order valence-corrected chi connectivity index (χ1v) is 5.87. The fourth-order valence-electron chi connectivity index (χ4n) is 1.58. The summed E-state index contributed by atoms with van der Waals surface area (Å²) in [4.78, 5) is 15.6. The van der Waals surface area contributed by atoms with Crippen LogP contribution < -0.4 is 10.1 Å². The molecular weight excluding hydrogens is 266 g/mol. The van der Waals surface area contributed by atoms with E-state index in [2.05, 4.69) is 15.0 Å². The number of ether oxygens (including phenoxy) is 1. The van der Waals surface area contributed by atoms with Gasteiger partial charge in [-0.2, -0.15) is 8.78 Å². The van der Waals surface area contributed by atoms with Gasteiger partial charge in [-0.15, -0.1) is 0 Å². The van der Waals surface area contributed by atoms with Crippen molar-refractivity contribution in [2.24, 2.45) is 0 Å². The molecule has 1 aromatic carbocycles. The van der Waals surface area contributed by atoms with E-state index in [4.69, 9.17) is 0 Å². The van der Waals surface area contributed by atoms with E-state index < -0.39 is 6.61 Å². The van der Waals surface area contributed by atoms with E-state index >= 15 is 0 Å². The summed E-state index contributed by atoms with van der Waals surface area (Å²) in [7, 11) is 0. The maximum Gasteiger partial charge on any atom is 0.387 e. The van der Waals surface area contributed by atoms with Crippen LogP contribution in [0.25, 0.3) is 0 Å². The van der Waals surface area contributed by atoms with Crippen molar-refractivity contribution in [3.63, 3.8) is 0 Å². The first-order valence-electron chi connectivity index (χ1n) is 5.87. The second-order valence-corrected chi connectivity index (χ2v) is 3.94. The van der Waals surface area contributed by atoms with Gasteiger partial charge in [0.15, 0.2) is 0 Å². The zero-order chi connectivity index (χ0) is 14.4. The first kappa shape index (κ1) is 13.9. The summed E-state index contributed by atoms with van der Waals surface area (Å²) >= 11 is 0. The van der Waals surface area contributed by atoms with Crippen LogP contribution >= 0.6 is 0 Å². The van der Waals surface area contributed by atoms with Gasteiger partial charge in [0.05, 0.1) is 0 Å². The summed E-state index contributed by atoms with van der Waals surface area (Å²) in [6.45, 7) is -2.54. The highest BCUT2D eigenvalue weighted by atomic mass is 19.3. The maximum absolute atomic E-state index is 12.0. The fraction of sp³-hybridized carbons (Fsp3) is 0.143. The highest BCUT2D eigenvalue weighted by molar-refractivity contribution is 5.93. The van der Waals surface area contributed by atoms with Crippen LogP contribution in [0.2, 0.25) is 0 Å². The summed E-state index contributed by atoms with van der Waals surface area (Å²) in [5, 5.41) is 2.72. The molecule has 0 spiro atoms. The van der Waals surface area contributed by atoms with E-state index in [1.807, 2.05) is 0 Å². The van der Waals surface area contributed by atoms with Gasteiger partial charge in [0.1, 0.15) is 5.75 Å². The number of hydrogen-bond acceptors (Lipinski definition) is 3. The third-order valence-corrected chi connectivity index (χ3v) is 2.54. The molecule has 1 amide bonds. The molecule has 0 aliphatic heterocycles. The van der Waals surface area contributed by atoms with Crippen LogP contribution in [0.4, 0.5) is 8.78 Å². The normalized spacial score (nSPS) is 10.3. The highest BCUT2D eigenvalue weighted by Gasteiger charge is 2.06. The molecule has 0 bridgehead atoms. The minimum atomic E-state index is -2.84. The zero-order valence-electron chi connectivity index (χ0n) is 10.4. The molecule has 1 heterocycles. The average molecular weight is 278 g/mol. The first-order chi connectivity index (χ1) is 9.65. The molecule has 1 aromatic heterocycles. The molecule has 0 aliphatic carbocycles. The summed E-state index contributed by atoms with van der Waals surface area (Å²) in [6, 6.07) is 9.30. The van der Waals surface area contributed by atoms with E-state index in [-0.39, 0.29) is 11.7 Å². The molecule has 0 aliphatic rings. The SMILES string of the molecule is O=C(NCc1ccc(OC(F)F)cc1)c1ccncc1. The minimum absolute atomic E-state index is 0.0872. The molecule has 6 heteroatoms. The summed E-state index contributed by atoms with van der Waals surface area (Å²) < 4.78 is 28.2. The second-order valence-electron chi connectivity index (χ2n) is 3.94. The molecule has 1 N–H and O–H groups in total. The molecule has 2 aromatic rings. The van der Waals surface area contributed by atoms with E-state index in [0.29, 0.717) is 12.1 Å². The molecule has 0 saturated carbocycles. The van der Waals surface area contributed by atoms with Crippen LogP contribution in [0.15, 0.2) is 48.8 Å². The number of hydrogen-bond donors (Lipinski definition) is 1. The lowest BCUT2D eigenvalue weighted by Gasteiger charge is -2.07. The van der Waals surface area contributed by atoms with Crippen LogP contribution in [0.1, 0.15) is 15.9 Å². The molecule has 0 atom stereocenters. The lowest BCUT2D eigenvalue weighted by Crippen LogP contribution is -2.22. The van der Waals surface area contributed by atoms with Crippen LogP contribution in [0.5, 0.6) is 5.75 Å². The van der Waals surface area contributed by atoms with Crippen molar-refractivity contribution in [3.05, 3.63) is 59.9 Å². The van der Waals surface area contributed by atoms with Gasteiger partial charge in [0.25, 0.3) is 5.91 Å². The Kier molecular flexibility index (Phi) is 4.60. The van der Waals surface area contributed by atoms with E-state index in [1.54, 1.807) is 24.3 Å². The van der Waals surface area contributed by atoms with Crippen LogP contribution in [-0.2, 0) is 6.54 Å². The summed E-state index contributed by atoms with van der Waals surface area (Å²) in [6.07, 6.45) is 3.07. The number of rotatable bonds is 5. The molecule has 4 nitrogen and oxygen atoms in total. The van der Waals surface area contributed by atoms with E-state index in [1.165, 1.54) is 24.5 Å². The third-order valence-electron chi connectivity index (χ3n) is 2.54. The number of pyridine rings is 1. The number of carbonyl (C=O) groups excluding carboxylic acids is 1. The lowest BCUT2D eigenvalue weighted by molar-refractivity contribution is -0.0498. The Balaban J connectivity index is 1.89. The number of nitrogens with zero attached hydrogens (tertiary/aromatic N) is 1. The van der Waals surface area contributed by atoms with Gasteiger partial charge in [0.2, 0.25) is 0 Å². The molecule has 0 fully saturated rings. The smallest absolute Gasteiger partial charge is 0.387 e. The number of aromatic nitrogens is 1. The molecule has 0 radical (unpaired) electrons. The van der Waals surface area contributed by atoms with Gasteiger partial charge in [-0.05, 0) is 29.8 Å². The molecule has 0 unspecified atom stereocenters. The standard InChI is InChI=1S/C14H12F2N2O2/c15-14(16)20-12-3-1-10(2-4-12)9-18-13(19)11-5-7-17-8-6-11/h1-8,14H,9H2,(H,18,19). The predicted molar refractivity (Wildman–Crippen MR) is 68.5 cm³/mol. The fourth-order valence-corrected chi connectivity index (χ4v) is 1.58. The highest BCUT2D eigenvalue weighted by Crippen LogP contribution is 2.14. The van der Waals surface area contributed by atoms with Crippen LogP contribution in [0.3, 0.4) is 0 Å². The number of carbonyl (C=O) groups is 1. The zero-order valence-corrected chi connectivity index (χ0v) is 10.4. The number of nitrogens with one attached hydrogen (secondary N) is 1. The number of halogens is 2. The Morgan fingerprint density at radius 1 is 1.15 bits per heavy atom. The number of benzene rings is 1. The van der Waals surface area contributed by atoms with Crippen molar-refractivity contribution in [1.82, 2.24) is 10.3 Å². The van der Waals surface area contributed by atoms with Gasteiger partial charge in [0, 0.05) is 24.5 Å². The third kappa shape index (κ3) is 4.01. The van der Waals surface area contributed by atoms with Crippen molar-refractivity contribution in [1.29, 1.82) is 0 Å². The lowest BCUT2D eigenvalue weighted by atomic mass is 10.2. The Morgan fingerprint density at radius 3 is 2.40 bits per heavy atom. The van der Waals surface area contributed by atoms with Crippen molar-refractivity contribution < 1.29 is 18.3 Å². The van der Waals surface area contributed by atoms with Crippen molar-refractivity contribution >= 4 is 5.91 Å². The Bertz CT molecular complexity index is 559. The Morgan fingerprint density at radius 2 is 1.80 bits per heavy atom. The Hall–Kier alpha value is -2.50. The molecular formula is C14H12F2N2O2. The van der Waals surface area contributed by atoms with Crippen molar-refractivity contribution in [3.8, 4) is 5.75 Å². The topological polar surface area (TPSA) is 51.2 Å². The largest absolute Gasteiger partial charge is 0.435 e. The van der Waals surface area contributed by atoms with Crippen molar-refractivity contribution in [2.75, 3.05) is 0 Å². The van der Waals surface area contributed by atoms with Gasteiger partial charge in [-0.3, -0.25) is 9.78 Å². The summed E-state index contributed by atoms with van der Waals surface area (Å²) in [5.74, 6) is -0.135.